The van der Waals surface area contributed by atoms with Crippen LogP contribution in [0.4, 0.5) is 0 Å². The third-order valence-electron chi connectivity index (χ3n) is 4.66. The lowest BCUT2D eigenvalue weighted by Gasteiger charge is -2.10. The van der Waals surface area contributed by atoms with Crippen molar-refractivity contribution < 1.29 is 18.7 Å². The topological polar surface area (TPSA) is 127 Å². The van der Waals surface area contributed by atoms with Crippen LogP contribution in [0.15, 0.2) is 39.7 Å². The Morgan fingerprint density at radius 2 is 2.03 bits per heavy atom. The van der Waals surface area contributed by atoms with Gasteiger partial charge in [0.25, 0.3) is 5.91 Å². The highest BCUT2D eigenvalue weighted by Gasteiger charge is 2.10. The van der Waals surface area contributed by atoms with E-state index in [9.17, 15) is 4.79 Å². The molecule has 0 saturated carbocycles. The molecular formula is C21H27N5O4. The van der Waals surface area contributed by atoms with Crippen LogP contribution in [0.2, 0.25) is 0 Å². The number of hydrogen-bond acceptors (Lipinski definition) is 5. The first-order valence-corrected chi connectivity index (χ1v) is 9.60. The maximum absolute atomic E-state index is 11.1. The number of aryl methyl sites for hydroxylation is 1. The molecule has 2 aromatic heterocycles. The fourth-order valence-electron chi connectivity index (χ4n) is 3.14. The van der Waals surface area contributed by atoms with Gasteiger partial charge in [-0.05, 0) is 31.0 Å². The number of primary amides is 1. The van der Waals surface area contributed by atoms with E-state index in [1.807, 2.05) is 12.1 Å². The van der Waals surface area contributed by atoms with Crippen molar-refractivity contribution in [2.45, 2.75) is 19.4 Å². The second-order valence-corrected chi connectivity index (χ2v) is 6.67. The molecule has 0 spiro atoms. The van der Waals surface area contributed by atoms with Crippen molar-refractivity contribution in [2.75, 3.05) is 27.8 Å². The average molecular weight is 413 g/mol. The van der Waals surface area contributed by atoms with Gasteiger partial charge >= 0.3 is 0 Å². The molecule has 0 atom stereocenters. The van der Waals surface area contributed by atoms with E-state index in [4.69, 9.17) is 19.6 Å². The van der Waals surface area contributed by atoms with Crippen LogP contribution in [0.1, 0.15) is 28.4 Å². The quantitative estimate of drug-likeness (QED) is 0.242. The van der Waals surface area contributed by atoms with Crippen LogP contribution in [0.25, 0.3) is 10.9 Å². The molecule has 0 aliphatic heterocycles. The predicted octanol–water partition coefficient (Wildman–Crippen LogP) is 2.17. The Kier molecular flexibility index (Phi) is 6.84. The zero-order chi connectivity index (χ0) is 21.5. The number of aromatic amines is 1. The fraction of sp³-hybridized carbons (Fsp3) is 0.333. The third kappa shape index (κ3) is 5.05. The molecule has 5 N–H and O–H groups in total. The van der Waals surface area contributed by atoms with Gasteiger partial charge in [-0.3, -0.25) is 9.79 Å². The molecule has 0 fully saturated rings. The lowest BCUT2D eigenvalue weighted by atomic mass is 10.2. The Labute approximate surface area is 174 Å². The highest BCUT2D eigenvalue weighted by molar-refractivity contribution is 5.90. The van der Waals surface area contributed by atoms with Crippen LogP contribution >= 0.6 is 0 Å². The number of methoxy groups -OCH3 is 2. The first-order valence-electron chi connectivity index (χ1n) is 9.60. The molecule has 0 aliphatic rings. The maximum atomic E-state index is 11.1. The Bertz CT molecular complexity index is 1040. The monoisotopic (exact) mass is 413 g/mol. The van der Waals surface area contributed by atoms with Crippen molar-refractivity contribution in [1.82, 2.24) is 15.6 Å². The van der Waals surface area contributed by atoms with Crippen molar-refractivity contribution in [2.24, 2.45) is 10.7 Å². The Morgan fingerprint density at radius 3 is 2.70 bits per heavy atom. The number of carbonyl (C=O) groups is 1. The SMILES string of the molecule is CN=C(NCCCc1cc2c(OC)cc(OC)cc2[nH]1)NCc1ccc(C(N)=O)o1. The third-order valence-corrected chi connectivity index (χ3v) is 4.66. The summed E-state index contributed by atoms with van der Waals surface area (Å²) >= 11 is 0. The molecule has 9 nitrogen and oxygen atoms in total. The number of nitrogens with one attached hydrogen (secondary N) is 3. The van der Waals surface area contributed by atoms with E-state index in [0.29, 0.717) is 18.3 Å². The summed E-state index contributed by atoms with van der Waals surface area (Å²) in [7, 11) is 4.99. The van der Waals surface area contributed by atoms with E-state index >= 15 is 0 Å². The Hall–Kier alpha value is -3.62. The standard InChI is InChI=1S/C21H27N5O4/c1-23-21(25-12-14-6-7-18(30-14)20(22)27)24-8-4-5-13-9-16-17(26-13)10-15(28-2)11-19(16)29-3/h6-7,9-11,26H,4-5,8,12H2,1-3H3,(H2,22,27)(H2,23,24,25). The Morgan fingerprint density at radius 1 is 1.20 bits per heavy atom. The summed E-state index contributed by atoms with van der Waals surface area (Å²) in [6.07, 6.45) is 1.77. The van der Waals surface area contributed by atoms with E-state index in [1.165, 1.54) is 0 Å². The lowest BCUT2D eigenvalue weighted by Crippen LogP contribution is -2.37. The van der Waals surface area contributed by atoms with Gasteiger partial charge in [-0.25, -0.2) is 0 Å². The number of furan rings is 1. The highest BCUT2D eigenvalue weighted by atomic mass is 16.5. The van der Waals surface area contributed by atoms with Gasteiger partial charge in [0.2, 0.25) is 0 Å². The average Bonchev–Trinajstić information content (AvgIpc) is 3.39. The fourth-order valence-corrected chi connectivity index (χ4v) is 3.14. The summed E-state index contributed by atoms with van der Waals surface area (Å²) in [6, 6.07) is 9.21. The van der Waals surface area contributed by atoms with E-state index < -0.39 is 5.91 Å². The molecule has 0 unspecified atom stereocenters. The van der Waals surface area contributed by atoms with Crippen LogP contribution in [-0.2, 0) is 13.0 Å². The molecule has 3 rings (SSSR count). The van der Waals surface area contributed by atoms with E-state index in [1.54, 1.807) is 33.4 Å². The summed E-state index contributed by atoms with van der Waals surface area (Å²) in [6.45, 7) is 1.14. The second kappa shape index (κ2) is 9.73. The number of guanidine groups is 1. The zero-order valence-corrected chi connectivity index (χ0v) is 17.4. The van der Waals surface area contributed by atoms with Crippen molar-refractivity contribution >= 4 is 22.8 Å². The van der Waals surface area contributed by atoms with Crippen LogP contribution in [0.5, 0.6) is 11.5 Å². The van der Waals surface area contributed by atoms with Crippen molar-refractivity contribution in [3.8, 4) is 11.5 Å². The number of carbonyl (C=O) groups excluding carboxylic acids is 1. The molecule has 1 aromatic carbocycles. The Balaban J connectivity index is 1.49. The van der Waals surface area contributed by atoms with Gasteiger partial charge in [0.15, 0.2) is 11.7 Å². The molecular weight excluding hydrogens is 386 g/mol. The smallest absolute Gasteiger partial charge is 0.284 e. The number of fused-ring (bicyclic) bond motifs is 1. The number of nitrogens with zero attached hydrogens (tertiary/aromatic N) is 1. The molecule has 0 radical (unpaired) electrons. The molecule has 2 heterocycles. The number of amides is 1. The number of nitrogens with two attached hydrogens (primary N) is 1. The van der Waals surface area contributed by atoms with Crippen LogP contribution in [0, 0.1) is 0 Å². The number of rotatable bonds is 9. The van der Waals surface area contributed by atoms with E-state index in [2.05, 4.69) is 26.7 Å². The molecule has 9 heteroatoms. The van der Waals surface area contributed by atoms with Gasteiger partial charge in [-0.1, -0.05) is 0 Å². The molecule has 30 heavy (non-hydrogen) atoms. The molecule has 1 amide bonds. The van der Waals surface area contributed by atoms with Gasteiger partial charge in [0.1, 0.15) is 17.3 Å². The van der Waals surface area contributed by atoms with Gasteiger partial charge in [0.05, 0.1) is 26.3 Å². The number of benzene rings is 1. The molecule has 160 valence electrons. The summed E-state index contributed by atoms with van der Waals surface area (Å²) in [5.41, 5.74) is 7.30. The minimum atomic E-state index is -0.586. The lowest BCUT2D eigenvalue weighted by molar-refractivity contribution is 0.0972. The van der Waals surface area contributed by atoms with Crippen LogP contribution in [-0.4, -0.2) is 44.7 Å². The van der Waals surface area contributed by atoms with E-state index in [0.717, 1.165) is 47.5 Å². The maximum Gasteiger partial charge on any atom is 0.284 e. The van der Waals surface area contributed by atoms with Gasteiger partial charge in [-0.2, -0.15) is 0 Å². The number of ether oxygens (including phenoxy) is 2. The number of aliphatic imine (C=N–C) groups is 1. The van der Waals surface area contributed by atoms with E-state index in [-0.39, 0.29) is 5.76 Å². The van der Waals surface area contributed by atoms with Crippen LogP contribution in [0.3, 0.4) is 0 Å². The van der Waals surface area contributed by atoms with Crippen molar-refractivity contribution in [3.63, 3.8) is 0 Å². The number of H-pyrrole nitrogens is 1. The summed E-state index contributed by atoms with van der Waals surface area (Å²) < 4.78 is 16.1. The van der Waals surface area contributed by atoms with Gasteiger partial charge in [0, 0.05) is 36.8 Å². The summed E-state index contributed by atoms with van der Waals surface area (Å²) in [5.74, 6) is 2.35. The number of hydrogen-bond donors (Lipinski definition) is 4. The predicted molar refractivity (Wildman–Crippen MR) is 115 cm³/mol. The van der Waals surface area contributed by atoms with Crippen molar-refractivity contribution in [1.29, 1.82) is 0 Å². The highest BCUT2D eigenvalue weighted by Crippen LogP contribution is 2.31. The first-order chi connectivity index (χ1) is 14.5. The van der Waals surface area contributed by atoms with Gasteiger partial charge < -0.3 is 35.2 Å². The van der Waals surface area contributed by atoms with Gasteiger partial charge in [-0.15, -0.1) is 0 Å². The normalized spacial score (nSPS) is 11.5. The zero-order valence-electron chi connectivity index (χ0n) is 17.4. The summed E-state index contributed by atoms with van der Waals surface area (Å²) in [5, 5.41) is 7.44. The molecule has 0 bridgehead atoms. The van der Waals surface area contributed by atoms with Crippen molar-refractivity contribution in [3.05, 3.63) is 47.5 Å². The minimum absolute atomic E-state index is 0.141. The molecule has 3 aromatic rings. The molecule has 0 saturated heterocycles. The van der Waals surface area contributed by atoms with Crippen LogP contribution < -0.4 is 25.8 Å². The minimum Gasteiger partial charge on any atom is -0.497 e. The summed E-state index contributed by atoms with van der Waals surface area (Å²) in [4.78, 5) is 18.7. The number of aromatic nitrogens is 1. The molecule has 0 aliphatic carbocycles. The second-order valence-electron chi connectivity index (χ2n) is 6.67. The first kappa shape index (κ1) is 21.1. The largest absolute Gasteiger partial charge is 0.497 e.